The zero-order valence-corrected chi connectivity index (χ0v) is 14.4. The van der Waals surface area contributed by atoms with E-state index in [1.54, 1.807) is 6.20 Å². The number of nitrogens with two attached hydrogens (primary N) is 1. The number of rotatable bonds is 5. The minimum absolute atomic E-state index is 0.186. The highest BCUT2D eigenvalue weighted by Crippen LogP contribution is 2.15. The predicted molar refractivity (Wildman–Crippen MR) is 97.2 cm³/mol. The number of ether oxygens (including phenoxy) is 1. The van der Waals surface area contributed by atoms with Gasteiger partial charge in [-0.3, -0.25) is 4.79 Å². The number of benzene rings is 1. The van der Waals surface area contributed by atoms with Crippen LogP contribution < -0.4 is 16.0 Å². The molecule has 0 radical (unpaired) electrons. The quantitative estimate of drug-likeness (QED) is 0.863. The van der Waals surface area contributed by atoms with Crippen molar-refractivity contribution in [2.75, 3.05) is 31.2 Å². The van der Waals surface area contributed by atoms with E-state index in [1.807, 2.05) is 43.3 Å². The maximum atomic E-state index is 12.3. The molecule has 1 aliphatic heterocycles. The molecular formula is C19H24N4O2. The third-order valence-electron chi connectivity index (χ3n) is 4.33. The Hall–Kier alpha value is -2.44. The van der Waals surface area contributed by atoms with E-state index in [2.05, 4.69) is 15.2 Å². The van der Waals surface area contributed by atoms with Crippen LogP contribution in [0.5, 0.6) is 0 Å². The molecule has 1 saturated heterocycles. The Morgan fingerprint density at radius 2 is 2.00 bits per heavy atom. The molecule has 1 fully saturated rings. The fourth-order valence-corrected chi connectivity index (χ4v) is 2.76. The molecule has 1 atom stereocenters. The number of hydrogen-bond acceptors (Lipinski definition) is 5. The molecule has 25 heavy (non-hydrogen) atoms. The summed E-state index contributed by atoms with van der Waals surface area (Å²) in [4.78, 5) is 18.9. The number of aromatic nitrogens is 1. The maximum absolute atomic E-state index is 12.3. The Balaban J connectivity index is 1.59. The number of anilines is 1. The van der Waals surface area contributed by atoms with Gasteiger partial charge in [0.1, 0.15) is 11.9 Å². The van der Waals surface area contributed by atoms with Crippen LogP contribution in [0.4, 0.5) is 5.82 Å². The van der Waals surface area contributed by atoms with Crippen molar-refractivity contribution in [2.24, 2.45) is 5.73 Å². The van der Waals surface area contributed by atoms with Crippen molar-refractivity contribution in [3.05, 3.63) is 59.3 Å². The van der Waals surface area contributed by atoms with Gasteiger partial charge in [-0.1, -0.05) is 29.8 Å². The van der Waals surface area contributed by atoms with Crippen LogP contribution in [0.3, 0.4) is 0 Å². The van der Waals surface area contributed by atoms with Gasteiger partial charge in [-0.25, -0.2) is 4.98 Å². The molecule has 1 unspecified atom stereocenters. The lowest BCUT2D eigenvalue weighted by atomic mass is 10.1. The molecule has 2 heterocycles. The fourth-order valence-electron chi connectivity index (χ4n) is 2.76. The fraction of sp³-hybridized carbons (Fsp3) is 0.368. The van der Waals surface area contributed by atoms with E-state index in [1.165, 1.54) is 0 Å². The summed E-state index contributed by atoms with van der Waals surface area (Å²) < 4.78 is 5.37. The lowest BCUT2D eigenvalue weighted by molar-refractivity contribution is -0.122. The van der Waals surface area contributed by atoms with Gasteiger partial charge in [0, 0.05) is 25.8 Å². The van der Waals surface area contributed by atoms with Gasteiger partial charge in [-0.2, -0.15) is 0 Å². The van der Waals surface area contributed by atoms with Crippen molar-refractivity contribution in [3.8, 4) is 0 Å². The summed E-state index contributed by atoms with van der Waals surface area (Å²) in [5, 5.41) is 2.91. The van der Waals surface area contributed by atoms with Crippen molar-refractivity contribution < 1.29 is 9.53 Å². The number of nitrogens with one attached hydrogen (secondary N) is 1. The Kier molecular flexibility index (Phi) is 5.63. The van der Waals surface area contributed by atoms with Crippen molar-refractivity contribution in [1.29, 1.82) is 0 Å². The first kappa shape index (κ1) is 17.4. The largest absolute Gasteiger partial charge is 0.378 e. The molecule has 3 rings (SSSR count). The monoisotopic (exact) mass is 340 g/mol. The Labute approximate surface area is 148 Å². The van der Waals surface area contributed by atoms with Gasteiger partial charge >= 0.3 is 0 Å². The summed E-state index contributed by atoms with van der Waals surface area (Å²) in [6.45, 7) is 5.54. The summed E-state index contributed by atoms with van der Waals surface area (Å²) in [5.74, 6) is 0.728. The molecular weight excluding hydrogens is 316 g/mol. The van der Waals surface area contributed by atoms with Gasteiger partial charge in [-0.15, -0.1) is 0 Å². The van der Waals surface area contributed by atoms with Crippen LogP contribution in [0.15, 0.2) is 42.6 Å². The van der Waals surface area contributed by atoms with E-state index >= 15 is 0 Å². The normalized spacial score (nSPS) is 15.7. The van der Waals surface area contributed by atoms with E-state index in [0.717, 1.165) is 35.6 Å². The first-order chi connectivity index (χ1) is 12.1. The molecule has 2 aromatic rings. The second-order valence-electron chi connectivity index (χ2n) is 6.23. The summed E-state index contributed by atoms with van der Waals surface area (Å²) in [6, 6.07) is 10.9. The van der Waals surface area contributed by atoms with Gasteiger partial charge in [0.25, 0.3) is 0 Å². The molecule has 1 aliphatic rings. The molecule has 1 aromatic heterocycles. The number of amides is 1. The summed E-state index contributed by atoms with van der Waals surface area (Å²) in [5.41, 5.74) is 9.01. The van der Waals surface area contributed by atoms with Crippen LogP contribution in [-0.2, 0) is 16.1 Å². The highest BCUT2D eigenvalue weighted by Gasteiger charge is 2.16. The number of nitrogens with zero attached hydrogens (tertiary/aromatic N) is 2. The van der Waals surface area contributed by atoms with Crippen LogP contribution in [-0.4, -0.2) is 37.2 Å². The number of carbonyl (C=O) groups is 1. The first-order valence-electron chi connectivity index (χ1n) is 8.51. The van der Waals surface area contributed by atoms with E-state index in [0.29, 0.717) is 19.8 Å². The highest BCUT2D eigenvalue weighted by molar-refractivity contribution is 5.82. The van der Waals surface area contributed by atoms with Crippen molar-refractivity contribution in [1.82, 2.24) is 10.3 Å². The molecule has 132 valence electrons. The molecule has 1 aromatic carbocycles. The molecule has 1 amide bonds. The average Bonchev–Trinajstić information content (AvgIpc) is 2.67. The third kappa shape index (κ3) is 4.55. The lowest BCUT2D eigenvalue weighted by Gasteiger charge is -2.28. The predicted octanol–water partition coefficient (Wildman–Crippen LogP) is 1.54. The van der Waals surface area contributed by atoms with E-state index < -0.39 is 6.04 Å². The Morgan fingerprint density at radius 1 is 1.28 bits per heavy atom. The van der Waals surface area contributed by atoms with Crippen LogP contribution in [0.25, 0.3) is 0 Å². The van der Waals surface area contributed by atoms with Crippen LogP contribution in [0, 0.1) is 6.92 Å². The zero-order chi connectivity index (χ0) is 17.6. The SMILES string of the molecule is Cc1ccc(C(N)C(=O)NCc2ccnc(N3CCOCC3)c2)cc1. The molecule has 0 spiro atoms. The number of carbonyl (C=O) groups excluding carboxylic acids is 1. The van der Waals surface area contributed by atoms with Gasteiger partial charge in [0.2, 0.25) is 5.91 Å². The summed E-state index contributed by atoms with van der Waals surface area (Å²) in [7, 11) is 0. The van der Waals surface area contributed by atoms with Crippen molar-refractivity contribution in [3.63, 3.8) is 0 Å². The van der Waals surface area contributed by atoms with Gasteiger partial charge in [-0.05, 0) is 30.2 Å². The molecule has 6 heteroatoms. The number of hydrogen-bond donors (Lipinski definition) is 2. The smallest absolute Gasteiger partial charge is 0.241 e. The van der Waals surface area contributed by atoms with Gasteiger partial charge < -0.3 is 20.7 Å². The number of aryl methyl sites for hydroxylation is 1. The standard InChI is InChI=1S/C19H24N4O2/c1-14-2-4-16(5-3-14)18(20)19(24)22-13-15-6-7-21-17(12-15)23-8-10-25-11-9-23/h2-7,12,18H,8-11,13,20H2,1H3,(H,22,24). The van der Waals surface area contributed by atoms with Gasteiger partial charge in [0.15, 0.2) is 0 Å². The third-order valence-corrected chi connectivity index (χ3v) is 4.33. The van der Waals surface area contributed by atoms with E-state index in [4.69, 9.17) is 10.5 Å². The average molecular weight is 340 g/mol. The van der Waals surface area contributed by atoms with Crippen molar-refractivity contribution in [2.45, 2.75) is 19.5 Å². The van der Waals surface area contributed by atoms with E-state index in [9.17, 15) is 4.79 Å². The van der Waals surface area contributed by atoms with Crippen molar-refractivity contribution >= 4 is 11.7 Å². The Bertz CT molecular complexity index is 712. The summed E-state index contributed by atoms with van der Waals surface area (Å²) >= 11 is 0. The Morgan fingerprint density at radius 3 is 2.72 bits per heavy atom. The molecule has 0 bridgehead atoms. The van der Waals surface area contributed by atoms with E-state index in [-0.39, 0.29) is 5.91 Å². The zero-order valence-electron chi connectivity index (χ0n) is 14.4. The second kappa shape index (κ2) is 8.09. The minimum Gasteiger partial charge on any atom is -0.378 e. The number of morpholine rings is 1. The lowest BCUT2D eigenvalue weighted by Crippen LogP contribution is -2.37. The minimum atomic E-state index is -0.666. The number of pyridine rings is 1. The summed E-state index contributed by atoms with van der Waals surface area (Å²) in [6.07, 6.45) is 1.77. The topological polar surface area (TPSA) is 80.5 Å². The van der Waals surface area contributed by atoms with Crippen LogP contribution >= 0.6 is 0 Å². The van der Waals surface area contributed by atoms with Crippen LogP contribution in [0.1, 0.15) is 22.7 Å². The molecule has 0 saturated carbocycles. The molecule has 6 nitrogen and oxygen atoms in total. The van der Waals surface area contributed by atoms with Crippen LogP contribution in [0.2, 0.25) is 0 Å². The highest BCUT2D eigenvalue weighted by atomic mass is 16.5. The molecule has 0 aliphatic carbocycles. The second-order valence-corrected chi connectivity index (χ2v) is 6.23. The first-order valence-corrected chi connectivity index (χ1v) is 8.51. The van der Waals surface area contributed by atoms with Gasteiger partial charge in [0.05, 0.1) is 13.2 Å². The molecule has 3 N–H and O–H groups in total. The maximum Gasteiger partial charge on any atom is 0.241 e.